The second-order valence-corrected chi connectivity index (χ2v) is 14.6. The summed E-state index contributed by atoms with van der Waals surface area (Å²) in [6.45, 7) is 10.5. The van der Waals surface area contributed by atoms with Crippen molar-refractivity contribution in [3.63, 3.8) is 0 Å². The standard InChI is InChI=1S/C31H44ClN7O2S/c1-18(2)39(7)22-10-8-21(9-11-22)24-15-28(41-23-12-13-23)26(14-20(24)5)35-31-33-16-25(32)29(36-31)34-27-17-38(6)37-30(27)42(40)19(3)4/h14-19,21-23H,8-13H2,1-7H3,(H2,33,34,35,36). The molecule has 0 saturated heterocycles. The summed E-state index contributed by atoms with van der Waals surface area (Å²) < 4.78 is 20.9. The number of aryl methyl sites for hydroxylation is 2. The molecule has 5 rings (SSSR count). The fourth-order valence-electron chi connectivity index (χ4n) is 5.61. The number of ether oxygens (including phenoxy) is 1. The first-order valence-electron chi connectivity index (χ1n) is 15.0. The second kappa shape index (κ2) is 12.9. The summed E-state index contributed by atoms with van der Waals surface area (Å²) in [5.74, 6) is 2.17. The van der Waals surface area contributed by atoms with Gasteiger partial charge in [0.05, 0.1) is 34.5 Å². The van der Waals surface area contributed by atoms with Crippen LogP contribution in [0, 0.1) is 6.92 Å². The Labute approximate surface area is 257 Å². The minimum atomic E-state index is -1.28. The number of nitrogens with zero attached hydrogens (tertiary/aromatic N) is 5. The summed E-state index contributed by atoms with van der Waals surface area (Å²) in [6.07, 6.45) is 10.5. The van der Waals surface area contributed by atoms with Gasteiger partial charge in [-0.05, 0) is 95.5 Å². The highest BCUT2D eigenvalue weighted by molar-refractivity contribution is 7.85. The number of nitrogens with one attached hydrogen (secondary N) is 2. The van der Waals surface area contributed by atoms with Gasteiger partial charge in [0, 0.05) is 30.6 Å². The van der Waals surface area contributed by atoms with Crippen LogP contribution in [0.5, 0.6) is 5.75 Å². The first kappa shape index (κ1) is 30.8. The molecular weight excluding hydrogens is 570 g/mol. The Morgan fingerprint density at radius 3 is 2.43 bits per heavy atom. The van der Waals surface area contributed by atoms with Crippen molar-refractivity contribution in [1.82, 2.24) is 24.6 Å². The summed E-state index contributed by atoms with van der Waals surface area (Å²) >= 11 is 6.49. The molecule has 3 aromatic rings. The number of halogens is 1. The van der Waals surface area contributed by atoms with Gasteiger partial charge in [-0.25, -0.2) is 4.98 Å². The molecule has 0 spiro atoms. The van der Waals surface area contributed by atoms with Gasteiger partial charge in [0.25, 0.3) is 0 Å². The lowest BCUT2D eigenvalue weighted by molar-refractivity contribution is 0.148. The van der Waals surface area contributed by atoms with Crippen molar-refractivity contribution in [2.24, 2.45) is 7.05 Å². The van der Waals surface area contributed by atoms with Crippen LogP contribution in [0.4, 0.5) is 23.1 Å². The summed E-state index contributed by atoms with van der Waals surface area (Å²) in [7, 11) is 2.77. The molecular formula is C31H44ClN7O2S. The second-order valence-electron chi connectivity index (χ2n) is 12.3. The predicted molar refractivity (Wildman–Crippen MR) is 171 cm³/mol. The van der Waals surface area contributed by atoms with Gasteiger partial charge in [0.1, 0.15) is 10.8 Å². The SMILES string of the molecule is Cc1cc(Nc2ncc(Cl)c(Nc3cn(C)nc3S(=O)C(C)C)n2)c(OC2CC2)cc1C1CCC(N(C)C(C)C)CC1. The quantitative estimate of drug-likeness (QED) is 0.237. The Morgan fingerprint density at radius 2 is 1.79 bits per heavy atom. The lowest BCUT2D eigenvalue weighted by atomic mass is 9.79. The number of rotatable bonds is 11. The summed E-state index contributed by atoms with van der Waals surface area (Å²) in [4.78, 5) is 11.6. The van der Waals surface area contributed by atoms with Gasteiger partial charge in [-0.2, -0.15) is 10.1 Å². The van der Waals surface area contributed by atoms with Crippen molar-refractivity contribution in [2.45, 2.75) is 108 Å². The van der Waals surface area contributed by atoms with Crippen LogP contribution in [-0.2, 0) is 17.8 Å². The molecule has 2 heterocycles. The number of hydrogen-bond donors (Lipinski definition) is 2. The predicted octanol–water partition coefficient (Wildman–Crippen LogP) is 7.08. The number of anilines is 4. The van der Waals surface area contributed by atoms with Crippen LogP contribution in [0.1, 0.15) is 83.3 Å². The van der Waals surface area contributed by atoms with Crippen molar-refractivity contribution >= 4 is 45.5 Å². The monoisotopic (exact) mass is 613 g/mol. The normalized spacial score (nSPS) is 19.9. The van der Waals surface area contributed by atoms with E-state index >= 15 is 0 Å². The van der Waals surface area contributed by atoms with Crippen molar-refractivity contribution in [1.29, 1.82) is 0 Å². The molecule has 2 aromatic heterocycles. The minimum Gasteiger partial charge on any atom is -0.488 e. The molecule has 2 aliphatic carbocycles. The molecule has 11 heteroatoms. The van der Waals surface area contributed by atoms with Crippen LogP contribution < -0.4 is 15.4 Å². The van der Waals surface area contributed by atoms with Crippen LogP contribution in [0.2, 0.25) is 5.02 Å². The van der Waals surface area contributed by atoms with E-state index in [1.165, 1.54) is 36.8 Å². The zero-order chi connectivity index (χ0) is 30.1. The molecule has 1 atom stereocenters. The molecule has 2 fully saturated rings. The summed E-state index contributed by atoms with van der Waals surface area (Å²) in [5.41, 5.74) is 4.06. The van der Waals surface area contributed by atoms with Crippen molar-refractivity contribution < 1.29 is 8.95 Å². The molecule has 2 N–H and O–H groups in total. The summed E-state index contributed by atoms with van der Waals surface area (Å²) in [5, 5.41) is 11.8. The van der Waals surface area contributed by atoms with Crippen LogP contribution in [0.25, 0.3) is 0 Å². The Morgan fingerprint density at radius 1 is 1.07 bits per heavy atom. The Balaban J connectivity index is 1.37. The highest BCUT2D eigenvalue weighted by Gasteiger charge is 2.29. The lowest BCUT2D eigenvalue weighted by Gasteiger charge is -2.37. The van der Waals surface area contributed by atoms with Gasteiger partial charge in [0.2, 0.25) is 5.95 Å². The van der Waals surface area contributed by atoms with Gasteiger partial charge in [-0.3, -0.25) is 8.89 Å². The first-order chi connectivity index (χ1) is 20.0. The molecule has 2 aliphatic rings. The van der Waals surface area contributed by atoms with E-state index in [1.807, 2.05) is 13.8 Å². The van der Waals surface area contributed by atoms with E-state index in [-0.39, 0.29) is 11.4 Å². The fraction of sp³-hybridized carbons (Fsp3) is 0.581. The van der Waals surface area contributed by atoms with Crippen molar-refractivity contribution in [3.05, 3.63) is 40.7 Å². The fourth-order valence-corrected chi connectivity index (χ4v) is 6.72. The molecule has 9 nitrogen and oxygen atoms in total. The Kier molecular flexibility index (Phi) is 9.44. The van der Waals surface area contributed by atoms with E-state index in [4.69, 9.17) is 16.3 Å². The van der Waals surface area contributed by atoms with Crippen molar-refractivity contribution in [2.75, 3.05) is 17.7 Å². The number of hydrogen-bond acceptors (Lipinski definition) is 8. The molecule has 1 aromatic carbocycles. The van der Waals surface area contributed by atoms with E-state index in [1.54, 1.807) is 24.1 Å². The number of benzene rings is 1. The molecule has 0 radical (unpaired) electrons. The van der Waals surface area contributed by atoms with Gasteiger partial charge in [-0.15, -0.1) is 0 Å². The van der Waals surface area contributed by atoms with E-state index in [0.29, 0.717) is 45.5 Å². The molecule has 1 unspecified atom stereocenters. The average molecular weight is 614 g/mol. The van der Waals surface area contributed by atoms with E-state index in [9.17, 15) is 4.21 Å². The molecule has 228 valence electrons. The zero-order valence-electron chi connectivity index (χ0n) is 25.8. The van der Waals surface area contributed by atoms with Gasteiger partial charge in [0.15, 0.2) is 10.8 Å². The average Bonchev–Trinajstić information content (AvgIpc) is 3.70. The maximum absolute atomic E-state index is 12.8. The van der Waals surface area contributed by atoms with Crippen molar-refractivity contribution in [3.8, 4) is 5.75 Å². The molecule has 0 amide bonds. The third-order valence-electron chi connectivity index (χ3n) is 8.37. The topological polar surface area (TPSA) is 97.2 Å². The highest BCUT2D eigenvalue weighted by Crippen LogP contribution is 2.42. The van der Waals surface area contributed by atoms with E-state index in [0.717, 1.165) is 24.3 Å². The third kappa shape index (κ3) is 7.09. The van der Waals surface area contributed by atoms with Crippen LogP contribution in [0.15, 0.2) is 29.6 Å². The van der Waals surface area contributed by atoms with Crippen LogP contribution >= 0.6 is 11.6 Å². The molecule has 0 bridgehead atoms. The van der Waals surface area contributed by atoms with Crippen LogP contribution in [0.3, 0.4) is 0 Å². The number of aromatic nitrogens is 4. The van der Waals surface area contributed by atoms with E-state index in [2.05, 4.69) is 70.6 Å². The molecule has 2 saturated carbocycles. The smallest absolute Gasteiger partial charge is 0.229 e. The first-order valence-corrected chi connectivity index (χ1v) is 16.6. The van der Waals surface area contributed by atoms with Gasteiger partial charge in [-0.1, -0.05) is 25.4 Å². The largest absolute Gasteiger partial charge is 0.488 e. The van der Waals surface area contributed by atoms with Crippen LogP contribution in [-0.4, -0.2) is 59.3 Å². The van der Waals surface area contributed by atoms with Gasteiger partial charge < -0.3 is 20.3 Å². The Hall–Kier alpha value is -2.69. The Bertz CT molecular complexity index is 1430. The molecule has 0 aliphatic heterocycles. The highest BCUT2D eigenvalue weighted by atomic mass is 35.5. The zero-order valence-corrected chi connectivity index (χ0v) is 27.3. The third-order valence-corrected chi connectivity index (χ3v) is 10.2. The lowest BCUT2D eigenvalue weighted by Crippen LogP contribution is -2.39. The summed E-state index contributed by atoms with van der Waals surface area (Å²) in [6, 6.07) is 5.63. The maximum atomic E-state index is 12.8. The van der Waals surface area contributed by atoms with Gasteiger partial charge >= 0.3 is 0 Å². The maximum Gasteiger partial charge on any atom is 0.229 e. The molecule has 42 heavy (non-hydrogen) atoms. The van der Waals surface area contributed by atoms with E-state index < -0.39 is 10.8 Å². The minimum absolute atomic E-state index is 0.0777.